The number of hydrazone groups is 1. The fourth-order valence-corrected chi connectivity index (χ4v) is 0.750. The van der Waals surface area contributed by atoms with Crippen molar-refractivity contribution in [3.05, 3.63) is 35.4 Å². The van der Waals surface area contributed by atoms with E-state index < -0.39 is 0 Å². The van der Waals surface area contributed by atoms with Crippen LogP contribution in [0.2, 0.25) is 0 Å². The Bertz CT molecular complexity index is 232. The first-order valence-electron chi connectivity index (χ1n) is 3.29. The van der Waals surface area contributed by atoms with E-state index >= 15 is 0 Å². The van der Waals surface area contributed by atoms with E-state index in [4.69, 9.17) is 0 Å². The first-order chi connectivity index (χ1) is 6.00. The number of nitrogens with zero attached hydrogens (tertiary/aromatic N) is 3. The van der Waals surface area contributed by atoms with Crippen LogP contribution in [0.3, 0.4) is 0 Å². The number of hydrogen-bond acceptors (Lipinski definition) is 5. The number of hydrogen-bond donors (Lipinski definition) is 1. The molecule has 0 radical (unpaired) electrons. The van der Waals surface area contributed by atoms with Gasteiger partial charge in [-0.05, 0) is 12.2 Å². The first-order valence-corrected chi connectivity index (χ1v) is 4.23. The molecule has 0 spiro atoms. The van der Waals surface area contributed by atoms with Crippen molar-refractivity contribution in [1.29, 1.82) is 0 Å². The van der Waals surface area contributed by atoms with Crippen LogP contribution in [0.4, 0.5) is 0 Å². The van der Waals surface area contributed by atoms with Crippen molar-refractivity contribution < 1.29 is 0 Å². The molecule has 0 amide bonds. The Morgan fingerprint density at radius 3 is 2.50 bits per heavy atom. The minimum atomic E-state index is 1.49. The molecular weight excluding hydrogens is 172 g/mol. The Morgan fingerprint density at radius 1 is 1.00 bits per heavy atom. The van der Waals surface area contributed by atoms with E-state index in [1.54, 1.807) is 23.4 Å². The van der Waals surface area contributed by atoms with E-state index in [2.05, 4.69) is 20.7 Å². The summed E-state index contributed by atoms with van der Waals surface area (Å²) in [5.41, 5.74) is 6.03. The molecule has 0 bridgehead atoms. The molecule has 12 heavy (non-hydrogen) atoms. The largest absolute Gasteiger partial charge is 0.286 e. The summed E-state index contributed by atoms with van der Waals surface area (Å²) in [6.45, 7) is 0. The van der Waals surface area contributed by atoms with E-state index in [0.717, 1.165) is 0 Å². The highest BCUT2D eigenvalue weighted by atomic mass is 32.1. The topological polar surface area (TPSA) is 50.2 Å². The second-order valence-corrected chi connectivity index (χ2v) is 2.42. The third kappa shape index (κ3) is 4.35. The fourth-order valence-electron chi connectivity index (χ4n) is 0.478. The van der Waals surface area contributed by atoms with E-state index in [1.807, 2.05) is 18.2 Å². The molecule has 0 aliphatic carbocycles. The summed E-state index contributed by atoms with van der Waals surface area (Å²) in [4.78, 5) is 0. The number of nitrogens with one attached hydrogen (secondary N) is 1. The van der Waals surface area contributed by atoms with Crippen molar-refractivity contribution in [2.24, 2.45) is 5.10 Å². The minimum Gasteiger partial charge on any atom is -0.286 e. The van der Waals surface area contributed by atoms with Crippen LogP contribution in [-0.4, -0.2) is 16.4 Å². The lowest BCUT2D eigenvalue weighted by Crippen LogP contribution is -1.89. The van der Waals surface area contributed by atoms with E-state index in [0.29, 0.717) is 0 Å². The summed E-state index contributed by atoms with van der Waals surface area (Å²) in [7, 11) is 0. The molecule has 62 valence electrons. The van der Waals surface area contributed by atoms with Gasteiger partial charge in [0.25, 0.3) is 0 Å². The van der Waals surface area contributed by atoms with Crippen molar-refractivity contribution in [2.45, 2.75) is 0 Å². The molecule has 1 aliphatic heterocycles. The average molecular weight is 180 g/mol. The molecule has 2 heterocycles. The van der Waals surface area contributed by atoms with Gasteiger partial charge in [0.2, 0.25) is 0 Å². The lowest BCUT2D eigenvalue weighted by atomic mass is 10.5. The zero-order chi connectivity index (χ0) is 8.49. The highest BCUT2D eigenvalue weighted by molar-refractivity contribution is 7.07. The van der Waals surface area contributed by atoms with Crippen LogP contribution in [0.1, 0.15) is 0 Å². The second kappa shape index (κ2) is 6.23. The summed E-state index contributed by atoms with van der Waals surface area (Å²) >= 11 is 1.49. The van der Waals surface area contributed by atoms with Crippen LogP contribution < -0.4 is 5.43 Å². The van der Waals surface area contributed by atoms with Gasteiger partial charge in [-0.25, -0.2) is 0 Å². The monoisotopic (exact) mass is 180 g/mol. The molecule has 1 N–H and O–H groups in total. The lowest BCUT2D eigenvalue weighted by Gasteiger charge is -1.78. The van der Waals surface area contributed by atoms with Gasteiger partial charge in [0.15, 0.2) is 0 Å². The third-order valence-corrected chi connectivity index (χ3v) is 1.34. The Balaban J connectivity index is 0.000000127. The normalized spacial score (nSPS) is 12.7. The molecule has 5 heteroatoms. The van der Waals surface area contributed by atoms with Crippen LogP contribution >= 0.6 is 11.3 Å². The van der Waals surface area contributed by atoms with Crippen molar-refractivity contribution in [2.75, 3.05) is 0 Å². The zero-order valence-corrected chi connectivity index (χ0v) is 7.11. The van der Waals surface area contributed by atoms with Crippen LogP contribution in [0.5, 0.6) is 0 Å². The zero-order valence-electron chi connectivity index (χ0n) is 6.29. The summed E-state index contributed by atoms with van der Waals surface area (Å²) < 4.78 is 0. The van der Waals surface area contributed by atoms with E-state index in [9.17, 15) is 0 Å². The summed E-state index contributed by atoms with van der Waals surface area (Å²) in [5, 5.41) is 10.7. The van der Waals surface area contributed by atoms with Gasteiger partial charge >= 0.3 is 0 Å². The first kappa shape index (κ1) is 8.61. The number of allylic oxidation sites excluding steroid dienone is 3. The van der Waals surface area contributed by atoms with Gasteiger partial charge in [-0.3, -0.25) is 5.43 Å². The number of rotatable bonds is 0. The van der Waals surface area contributed by atoms with Crippen molar-refractivity contribution in [3.8, 4) is 0 Å². The molecule has 0 aromatic carbocycles. The Labute approximate surface area is 74.3 Å². The standard InChI is InChI=1S/C5H6N2.C2H2N2S/c1-2-4-6-7-5-3-1;1-3-4-2-5-1/h1-6H;1-2H. The maximum Gasteiger partial charge on any atom is 0.103 e. The van der Waals surface area contributed by atoms with Gasteiger partial charge in [0.1, 0.15) is 11.0 Å². The molecule has 0 saturated heterocycles. The number of aromatic nitrogens is 2. The van der Waals surface area contributed by atoms with Crippen LogP contribution in [-0.2, 0) is 0 Å². The SMILES string of the molecule is C1=CC=NNC=C1.c1nncs1. The molecule has 0 saturated carbocycles. The molecule has 0 unspecified atom stereocenters. The van der Waals surface area contributed by atoms with Gasteiger partial charge in [-0.1, -0.05) is 6.08 Å². The predicted octanol–water partition coefficient (Wildman–Crippen LogP) is 1.18. The van der Waals surface area contributed by atoms with Gasteiger partial charge in [-0.2, -0.15) is 5.10 Å². The van der Waals surface area contributed by atoms with Crippen molar-refractivity contribution in [3.63, 3.8) is 0 Å². The van der Waals surface area contributed by atoms with Crippen molar-refractivity contribution in [1.82, 2.24) is 15.6 Å². The summed E-state index contributed by atoms with van der Waals surface area (Å²) in [6.07, 6.45) is 9.10. The van der Waals surface area contributed by atoms with Crippen LogP contribution in [0.25, 0.3) is 0 Å². The van der Waals surface area contributed by atoms with E-state index in [-0.39, 0.29) is 0 Å². The van der Waals surface area contributed by atoms with Crippen LogP contribution in [0.15, 0.2) is 40.6 Å². The fraction of sp³-hybridized carbons (Fsp3) is 0. The van der Waals surface area contributed by atoms with Gasteiger partial charge in [-0.15, -0.1) is 21.5 Å². The Kier molecular flexibility index (Phi) is 4.47. The Morgan fingerprint density at radius 2 is 1.83 bits per heavy atom. The molecular formula is C7H8N4S. The summed E-state index contributed by atoms with van der Waals surface area (Å²) in [5.74, 6) is 0. The predicted molar refractivity (Wildman–Crippen MR) is 49.8 cm³/mol. The maximum absolute atomic E-state index is 3.72. The molecule has 2 rings (SSSR count). The molecule has 1 aliphatic rings. The van der Waals surface area contributed by atoms with Crippen LogP contribution in [0, 0.1) is 0 Å². The van der Waals surface area contributed by atoms with Gasteiger partial charge in [0.05, 0.1) is 0 Å². The van der Waals surface area contributed by atoms with Gasteiger partial charge in [0, 0.05) is 12.4 Å². The maximum atomic E-state index is 3.72. The van der Waals surface area contributed by atoms with Gasteiger partial charge < -0.3 is 0 Å². The Hall–Kier alpha value is -1.49. The van der Waals surface area contributed by atoms with Crippen molar-refractivity contribution >= 4 is 17.6 Å². The average Bonchev–Trinajstić information content (AvgIpc) is 2.54. The summed E-state index contributed by atoms with van der Waals surface area (Å²) in [6, 6.07) is 0. The quantitative estimate of drug-likeness (QED) is 0.652. The molecule has 0 atom stereocenters. The molecule has 1 aromatic heterocycles. The third-order valence-electron chi connectivity index (χ3n) is 0.911. The molecule has 1 aromatic rings. The lowest BCUT2D eigenvalue weighted by molar-refractivity contribution is 0.980. The smallest absolute Gasteiger partial charge is 0.103 e. The molecule has 0 fully saturated rings. The highest BCUT2D eigenvalue weighted by Gasteiger charge is 1.68. The molecule has 4 nitrogen and oxygen atoms in total. The highest BCUT2D eigenvalue weighted by Crippen LogP contribution is 1.80. The minimum absolute atomic E-state index is 1.49. The van der Waals surface area contributed by atoms with E-state index in [1.165, 1.54) is 11.3 Å². The second-order valence-electron chi connectivity index (χ2n) is 1.73.